The topological polar surface area (TPSA) is 89.9 Å². The molecule has 2 atom stereocenters. The number of hydrogen-bond donors (Lipinski definition) is 3. The minimum atomic E-state index is -0.778. The molecule has 0 aliphatic carbocycles. The number of rotatable bonds is 7. The van der Waals surface area contributed by atoms with Crippen molar-refractivity contribution < 1.29 is 19.8 Å². The lowest BCUT2D eigenvalue weighted by Gasteiger charge is -2.34. The Kier molecular flexibility index (Phi) is 7.36. The number of carbonyl (C=O) groups excluding carboxylic acids is 1. The molecule has 2 amide bonds. The van der Waals surface area contributed by atoms with Gasteiger partial charge in [-0.15, -0.1) is 0 Å². The molecule has 0 saturated carbocycles. The van der Waals surface area contributed by atoms with E-state index in [1.807, 2.05) is 6.92 Å². The summed E-state index contributed by atoms with van der Waals surface area (Å²) in [4.78, 5) is 24.2. The molecule has 116 valence electrons. The van der Waals surface area contributed by atoms with Gasteiger partial charge >= 0.3 is 12.0 Å². The first-order valence-electron chi connectivity index (χ1n) is 7.41. The molecule has 0 radical (unpaired) electrons. The number of urea groups is 1. The summed E-state index contributed by atoms with van der Waals surface area (Å²) < 4.78 is 0. The lowest BCUT2D eigenvalue weighted by molar-refractivity contribution is -0.137. The van der Waals surface area contributed by atoms with Crippen LogP contribution in [0.2, 0.25) is 0 Å². The van der Waals surface area contributed by atoms with Crippen LogP contribution in [-0.4, -0.2) is 52.9 Å². The third kappa shape index (κ3) is 5.77. The summed E-state index contributed by atoms with van der Waals surface area (Å²) in [6.45, 7) is 3.26. The number of carbonyl (C=O) groups is 2. The monoisotopic (exact) mass is 286 g/mol. The largest absolute Gasteiger partial charge is 0.481 e. The minimum absolute atomic E-state index is 0.0163. The van der Waals surface area contributed by atoms with Gasteiger partial charge < -0.3 is 20.4 Å². The molecule has 20 heavy (non-hydrogen) atoms. The molecular formula is C14H26N2O4. The first-order chi connectivity index (χ1) is 9.54. The number of aliphatic hydroxyl groups is 1. The van der Waals surface area contributed by atoms with E-state index in [4.69, 9.17) is 5.11 Å². The second-order valence-electron chi connectivity index (χ2n) is 5.58. The number of carboxylic acids is 1. The van der Waals surface area contributed by atoms with Gasteiger partial charge in [0.2, 0.25) is 0 Å². The molecule has 1 rings (SSSR count). The summed E-state index contributed by atoms with van der Waals surface area (Å²) in [5.74, 6) is -0.499. The van der Waals surface area contributed by atoms with Crippen LogP contribution in [0, 0.1) is 5.92 Å². The Bertz CT molecular complexity index is 322. The minimum Gasteiger partial charge on any atom is -0.481 e. The fraction of sp³-hybridized carbons (Fsp3) is 0.857. The second-order valence-corrected chi connectivity index (χ2v) is 5.58. The molecule has 3 N–H and O–H groups in total. The van der Waals surface area contributed by atoms with Crippen molar-refractivity contribution in [2.75, 3.05) is 19.7 Å². The molecule has 2 unspecified atom stereocenters. The molecule has 1 heterocycles. The first kappa shape index (κ1) is 16.8. The number of piperidine rings is 1. The smallest absolute Gasteiger partial charge is 0.317 e. The van der Waals surface area contributed by atoms with E-state index in [1.165, 1.54) is 0 Å². The van der Waals surface area contributed by atoms with Crippen molar-refractivity contribution in [1.82, 2.24) is 10.2 Å². The Hall–Kier alpha value is -1.30. The van der Waals surface area contributed by atoms with Crippen LogP contribution in [0.5, 0.6) is 0 Å². The molecule has 6 heteroatoms. The van der Waals surface area contributed by atoms with E-state index < -0.39 is 5.97 Å². The number of nitrogens with one attached hydrogen (secondary N) is 1. The molecule has 1 aliphatic rings. The molecule has 1 fully saturated rings. The summed E-state index contributed by atoms with van der Waals surface area (Å²) in [6.07, 6.45) is 4.48. The third-order valence-corrected chi connectivity index (χ3v) is 3.86. The van der Waals surface area contributed by atoms with Crippen LogP contribution in [0.25, 0.3) is 0 Å². The van der Waals surface area contributed by atoms with E-state index in [1.54, 1.807) is 4.90 Å². The molecule has 0 aromatic rings. The lowest BCUT2D eigenvalue weighted by Crippen LogP contribution is -2.50. The average Bonchev–Trinajstić information content (AvgIpc) is 2.44. The molecule has 1 aliphatic heterocycles. The maximum absolute atomic E-state index is 12.0. The first-order valence-corrected chi connectivity index (χ1v) is 7.41. The summed E-state index contributed by atoms with van der Waals surface area (Å²) in [6, 6.07) is -0.178. The normalized spacial score (nSPS) is 20.5. The molecule has 0 aromatic heterocycles. The highest BCUT2D eigenvalue weighted by Crippen LogP contribution is 2.16. The highest BCUT2D eigenvalue weighted by molar-refractivity contribution is 5.74. The van der Waals surface area contributed by atoms with Gasteiger partial charge in [0.25, 0.3) is 0 Å². The van der Waals surface area contributed by atoms with Gasteiger partial charge in [0.05, 0.1) is 12.6 Å². The summed E-state index contributed by atoms with van der Waals surface area (Å²) >= 11 is 0. The van der Waals surface area contributed by atoms with Crippen LogP contribution in [-0.2, 0) is 4.79 Å². The van der Waals surface area contributed by atoms with Crippen molar-refractivity contribution in [2.24, 2.45) is 5.92 Å². The zero-order valence-electron chi connectivity index (χ0n) is 12.2. The van der Waals surface area contributed by atoms with E-state index in [9.17, 15) is 14.7 Å². The number of hydrogen-bond acceptors (Lipinski definition) is 3. The third-order valence-electron chi connectivity index (χ3n) is 3.86. The van der Waals surface area contributed by atoms with E-state index in [0.717, 1.165) is 25.7 Å². The fourth-order valence-corrected chi connectivity index (χ4v) is 2.50. The SMILES string of the molecule is CC(CCNC(=O)N1CCCCC1CO)CCC(=O)O. The maximum atomic E-state index is 12.0. The van der Waals surface area contributed by atoms with Gasteiger partial charge in [-0.2, -0.15) is 0 Å². The van der Waals surface area contributed by atoms with E-state index in [0.29, 0.717) is 19.5 Å². The van der Waals surface area contributed by atoms with Crippen LogP contribution in [0.15, 0.2) is 0 Å². The predicted octanol–water partition coefficient (Wildman–Crippen LogP) is 1.43. The number of nitrogens with zero attached hydrogens (tertiary/aromatic N) is 1. The highest BCUT2D eigenvalue weighted by atomic mass is 16.4. The number of carboxylic acid groups (broad SMARTS) is 1. The number of amides is 2. The van der Waals surface area contributed by atoms with Crippen molar-refractivity contribution in [1.29, 1.82) is 0 Å². The highest BCUT2D eigenvalue weighted by Gasteiger charge is 2.25. The summed E-state index contributed by atoms with van der Waals surface area (Å²) in [5, 5.41) is 20.7. The van der Waals surface area contributed by atoms with E-state index in [-0.39, 0.29) is 31.0 Å². The van der Waals surface area contributed by atoms with Gasteiger partial charge in [-0.25, -0.2) is 4.79 Å². The molecule has 6 nitrogen and oxygen atoms in total. The van der Waals surface area contributed by atoms with Gasteiger partial charge in [0, 0.05) is 19.5 Å². The molecular weight excluding hydrogens is 260 g/mol. The zero-order chi connectivity index (χ0) is 15.0. The van der Waals surface area contributed by atoms with Gasteiger partial charge in [-0.05, 0) is 38.0 Å². The summed E-state index contributed by atoms with van der Waals surface area (Å²) in [5.41, 5.74) is 0. The Morgan fingerprint density at radius 1 is 1.35 bits per heavy atom. The number of aliphatic hydroxyl groups excluding tert-OH is 1. The predicted molar refractivity (Wildman–Crippen MR) is 75.5 cm³/mol. The molecule has 0 spiro atoms. The number of likely N-dealkylation sites (tertiary alicyclic amines) is 1. The summed E-state index contributed by atoms with van der Waals surface area (Å²) in [7, 11) is 0. The Morgan fingerprint density at radius 2 is 2.10 bits per heavy atom. The Labute approximate surface area is 120 Å². The second kappa shape index (κ2) is 8.79. The van der Waals surface area contributed by atoms with Crippen molar-refractivity contribution in [3.63, 3.8) is 0 Å². The van der Waals surface area contributed by atoms with Crippen LogP contribution in [0.4, 0.5) is 4.79 Å². The van der Waals surface area contributed by atoms with Crippen LogP contribution >= 0.6 is 0 Å². The van der Waals surface area contributed by atoms with Crippen LogP contribution < -0.4 is 5.32 Å². The van der Waals surface area contributed by atoms with Crippen molar-refractivity contribution in [2.45, 2.75) is 51.5 Å². The van der Waals surface area contributed by atoms with Crippen molar-refractivity contribution in [3.05, 3.63) is 0 Å². The molecule has 0 aromatic carbocycles. The molecule has 0 bridgehead atoms. The fourth-order valence-electron chi connectivity index (χ4n) is 2.50. The van der Waals surface area contributed by atoms with Gasteiger partial charge in [0.1, 0.15) is 0 Å². The van der Waals surface area contributed by atoms with E-state index >= 15 is 0 Å². The number of aliphatic carboxylic acids is 1. The molecule has 1 saturated heterocycles. The maximum Gasteiger partial charge on any atom is 0.317 e. The Morgan fingerprint density at radius 3 is 2.75 bits per heavy atom. The standard InChI is InChI=1S/C14H26N2O4/c1-11(5-6-13(18)19)7-8-15-14(20)16-9-3-2-4-12(16)10-17/h11-12,17H,2-10H2,1H3,(H,15,20)(H,18,19). The van der Waals surface area contributed by atoms with Gasteiger partial charge in [-0.1, -0.05) is 6.92 Å². The van der Waals surface area contributed by atoms with Crippen molar-refractivity contribution >= 4 is 12.0 Å². The van der Waals surface area contributed by atoms with Crippen LogP contribution in [0.1, 0.15) is 45.4 Å². The quantitative estimate of drug-likeness (QED) is 0.660. The van der Waals surface area contributed by atoms with Crippen molar-refractivity contribution in [3.8, 4) is 0 Å². The lowest BCUT2D eigenvalue weighted by atomic mass is 10.0. The van der Waals surface area contributed by atoms with Gasteiger partial charge in [-0.3, -0.25) is 4.79 Å². The Balaban J connectivity index is 2.23. The van der Waals surface area contributed by atoms with E-state index in [2.05, 4.69) is 5.32 Å². The average molecular weight is 286 g/mol. The van der Waals surface area contributed by atoms with Crippen LogP contribution in [0.3, 0.4) is 0 Å². The van der Waals surface area contributed by atoms with Gasteiger partial charge in [0.15, 0.2) is 0 Å². The zero-order valence-corrected chi connectivity index (χ0v) is 12.2.